The number of thioether (sulfide) groups is 1. The predicted octanol–water partition coefficient (Wildman–Crippen LogP) is 3.23. The van der Waals surface area contributed by atoms with Crippen molar-refractivity contribution >= 4 is 17.4 Å². The van der Waals surface area contributed by atoms with Gasteiger partial charge in [0.15, 0.2) is 0 Å². The monoisotopic (exact) mass is 290 g/mol. The van der Waals surface area contributed by atoms with Crippen LogP contribution in [0.2, 0.25) is 0 Å². The van der Waals surface area contributed by atoms with Gasteiger partial charge in [-0.1, -0.05) is 17.7 Å². The molecule has 0 aliphatic carbocycles. The van der Waals surface area contributed by atoms with Crippen LogP contribution in [0.25, 0.3) is 0 Å². The summed E-state index contributed by atoms with van der Waals surface area (Å²) >= 11 is 2.19. The van der Waals surface area contributed by atoms with Gasteiger partial charge >= 0.3 is 0 Å². The highest BCUT2D eigenvalue weighted by molar-refractivity contribution is 7.99. The third-order valence-corrected chi connectivity index (χ3v) is 5.81. The number of nitrogens with one attached hydrogen (secondary N) is 1. The topological polar surface area (TPSA) is 15.3 Å². The van der Waals surface area contributed by atoms with Gasteiger partial charge in [-0.3, -0.25) is 0 Å². The van der Waals surface area contributed by atoms with Gasteiger partial charge in [0.05, 0.1) is 0 Å². The molecule has 20 heavy (non-hydrogen) atoms. The minimum absolute atomic E-state index is 0.888. The third kappa shape index (κ3) is 3.50. The lowest BCUT2D eigenvalue weighted by Crippen LogP contribution is -2.33. The Labute approximate surface area is 127 Å². The summed E-state index contributed by atoms with van der Waals surface area (Å²) in [6.07, 6.45) is 5.27. The van der Waals surface area contributed by atoms with Gasteiger partial charge in [0.1, 0.15) is 0 Å². The fourth-order valence-corrected chi connectivity index (χ4v) is 4.56. The Balaban J connectivity index is 1.53. The lowest BCUT2D eigenvalue weighted by atomic mass is 10.00. The lowest BCUT2D eigenvalue weighted by Gasteiger charge is -2.32. The first kappa shape index (κ1) is 14.3. The molecule has 2 heterocycles. The van der Waals surface area contributed by atoms with Gasteiger partial charge < -0.3 is 10.2 Å². The van der Waals surface area contributed by atoms with Crippen molar-refractivity contribution in [2.24, 2.45) is 0 Å². The second-order valence-electron chi connectivity index (χ2n) is 6.04. The SMILES string of the molecule is Cc1ccc2c(c1)CCCN2CCSC1CCNCC1. The van der Waals surface area contributed by atoms with Crippen LogP contribution >= 0.6 is 11.8 Å². The number of nitrogens with zero attached hydrogens (tertiary/aromatic N) is 1. The molecule has 1 fully saturated rings. The van der Waals surface area contributed by atoms with Gasteiger partial charge in [-0.15, -0.1) is 0 Å². The quantitative estimate of drug-likeness (QED) is 0.916. The van der Waals surface area contributed by atoms with Crippen LogP contribution in [-0.4, -0.2) is 37.2 Å². The Kier molecular flexibility index (Phi) is 4.90. The number of anilines is 1. The van der Waals surface area contributed by atoms with Gasteiger partial charge in [0, 0.05) is 29.8 Å². The van der Waals surface area contributed by atoms with E-state index >= 15 is 0 Å². The maximum Gasteiger partial charge on any atom is 0.0399 e. The summed E-state index contributed by atoms with van der Waals surface area (Å²) < 4.78 is 0. The molecule has 1 saturated heterocycles. The minimum Gasteiger partial charge on any atom is -0.370 e. The van der Waals surface area contributed by atoms with E-state index in [2.05, 4.69) is 47.1 Å². The first-order chi connectivity index (χ1) is 9.83. The smallest absolute Gasteiger partial charge is 0.0399 e. The van der Waals surface area contributed by atoms with Gasteiger partial charge in [-0.05, 0) is 57.3 Å². The van der Waals surface area contributed by atoms with Crippen molar-refractivity contribution < 1.29 is 0 Å². The van der Waals surface area contributed by atoms with Crippen LogP contribution in [0, 0.1) is 6.92 Å². The van der Waals surface area contributed by atoms with Crippen molar-refractivity contribution in [1.29, 1.82) is 0 Å². The van der Waals surface area contributed by atoms with E-state index in [-0.39, 0.29) is 0 Å². The summed E-state index contributed by atoms with van der Waals surface area (Å²) in [5, 5.41) is 4.34. The molecule has 0 amide bonds. The number of hydrogen-bond acceptors (Lipinski definition) is 3. The fraction of sp³-hybridized carbons (Fsp3) is 0.647. The van der Waals surface area contributed by atoms with E-state index in [1.54, 1.807) is 5.56 Å². The molecule has 0 spiro atoms. The van der Waals surface area contributed by atoms with E-state index in [0.717, 1.165) is 5.25 Å². The zero-order valence-corrected chi connectivity index (χ0v) is 13.3. The number of rotatable bonds is 4. The van der Waals surface area contributed by atoms with Gasteiger partial charge in [0.2, 0.25) is 0 Å². The minimum atomic E-state index is 0.888. The number of hydrogen-bond donors (Lipinski definition) is 1. The van der Waals surface area contributed by atoms with Crippen LogP contribution in [0.1, 0.15) is 30.4 Å². The van der Waals surface area contributed by atoms with Gasteiger partial charge in [0.25, 0.3) is 0 Å². The van der Waals surface area contributed by atoms with Crippen molar-refractivity contribution in [2.75, 3.05) is 36.8 Å². The van der Waals surface area contributed by atoms with Crippen molar-refractivity contribution in [3.8, 4) is 0 Å². The Hall–Kier alpha value is -0.670. The van der Waals surface area contributed by atoms with Crippen LogP contribution in [-0.2, 0) is 6.42 Å². The van der Waals surface area contributed by atoms with Gasteiger partial charge in [-0.25, -0.2) is 0 Å². The Morgan fingerprint density at radius 2 is 2.15 bits per heavy atom. The first-order valence-electron chi connectivity index (χ1n) is 8.00. The fourth-order valence-electron chi connectivity index (χ4n) is 3.33. The molecular weight excluding hydrogens is 264 g/mol. The van der Waals surface area contributed by atoms with Crippen molar-refractivity contribution in [3.63, 3.8) is 0 Å². The Morgan fingerprint density at radius 1 is 1.30 bits per heavy atom. The standard InChI is InChI=1S/C17H26N2S/c1-14-4-5-17-15(13-14)3-2-10-19(17)11-12-20-16-6-8-18-9-7-16/h4-5,13,16,18H,2-3,6-12H2,1H3. The highest BCUT2D eigenvalue weighted by Gasteiger charge is 2.18. The number of benzene rings is 1. The normalized spacial score (nSPS) is 19.9. The molecule has 1 N–H and O–H groups in total. The predicted molar refractivity (Wildman–Crippen MR) is 90.1 cm³/mol. The molecule has 3 rings (SSSR count). The molecule has 0 aromatic heterocycles. The highest BCUT2D eigenvalue weighted by atomic mass is 32.2. The maximum absolute atomic E-state index is 3.45. The Bertz CT molecular complexity index is 441. The molecule has 1 aromatic rings. The summed E-state index contributed by atoms with van der Waals surface area (Å²) in [6.45, 7) is 7.08. The molecule has 0 bridgehead atoms. The number of piperidine rings is 1. The summed E-state index contributed by atoms with van der Waals surface area (Å²) in [4.78, 5) is 2.60. The molecule has 2 nitrogen and oxygen atoms in total. The molecule has 0 atom stereocenters. The Morgan fingerprint density at radius 3 is 3.00 bits per heavy atom. The molecule has 3 heteroatoms. The second kappa shape index (κ2) is 6.86. The van der Waals surface area contributed by atoms with Crippen LogP contribution in [0.3, 0.4) is 0 Å². The molecule has 0 saturated carbocycles. The summed E-state index contributed by atoms with van der Waals surface area (Å²) in [5.74, 6) is 1.28. The maximum atomic E-state index is 3.45. The lowest BCUT2D eigenvalue weighted by molar-refractivity contribution is 0.531. The number of fused-ring (bicyclic) bond motifs is 1. The van der Waals surface area contributed by atoms with Crippen molar-refractivity contribution in [1.82, 2.24) is 5.32 Å². The van der Waals surface area contributed by atoms with E-state index in [0.29, 0.717) is 0 Å². The second-order valence-corrected chi connectivity index (χ2v) is 7.45. The van der Waals surface area contributed by atoms with Crippen LogP contribution in [0.15, 0.2) is 18.2 Å². The largest absolute Gasteiger partial charge is 0.370 e. The highest BCUT2D eigenvalue weighted by Crippen LogP contribution is 2.28. The molecule has 2 aliphatic rings. The van der Waals surface area contributed by atoms with E-state index in [1.165, 1.54) is 68.9 Å². The summed E-state index contributed by atoms with van der Waals surface area (Å²) in [6, 6.07) is 6.97. The van der Waals surface area contributed by atoms with E-state index in [9.17, 15) is 0 Å². The molecule has 2 aliphatic heterocycles. The molecule has 0 radical (unpaired) electrons. The molecule has 110 valence electrons. The van der Waals surface area contributed by atoms with Crippen LogP contribution < -0.4 is 10.2 Å². The van der Waals surface area contributed by atoms with E-state index in [4.69, 9.17) is 0 Å². The zero-order chi connectivity index (χ0) is 13.8. The van der Waals surface area contributed by atoms with E-state index < -0.39 is 0 Å². The zero-order valence-electron chi connectivity index (χ0n) is 12.5. The molecule has 1 aromatic carbocycles. The van der Waals surface area contributed by atoms with E-state index in [1.807, 2.05) is 0 Å². The molecular formula is C17H26N2S. The van der Waals surface area contributed by atoms with Crippen molar-refractivity contribution in [3.05, 3.63) is 29.3 Å². The van der Waals surface area contributed by atoms with Crippen molar-refractivity contribution in [2.45, 2.75) is 37.9 Å². The average molecular weight is 290 g/mol. The van der Waals surface area contributed by atoms with Gasteiger partial charge in [-0.2, -0.15) is 11.8 Å². The molecule has 0 unspecified atom stereocenters. The third-order valence-electron chi connectivity index (χ3n) is 4.45. The average Bonchev–Trinajstić information content (AvgIpc) is 2.48. The van der Waals surface area contributed by atoms with Crippen LogP contribution in [0.5, 0.6) is 0 Å². The summed E-state index contributed by atoms with van der Waals surface area (Å²) in [5.41, 5.74) is 4.45. The van der Waals surface area contributed by atoms with Crippen LogP contribution in [0.4, 0.5) is 5.69 Å². The first-order valence-corrected chi connectivity index (χ1v) is 9.04. The summed E-state index contributed by atoms with van der Waals surface area (Å²) in [7, 11) is 0. The number of aryl methyl sites for hydroxylation is 2.